The maximum Gasteiger partial charge on any atom is 0.359 e. The number of fused-ring (bicyclic) bond motifs is 1. The van der Waals surface area contributed by atoms with Crippen molar-refractivity contribution in [2.24, 2.45) is 0 Å². The second kappa shape index (κ2) is 10.2. The molecule has 0 unspecified atom stereocenters. The van der Waals surface area contributed by atoms with Gasteiger partial charge in [0.1, 0.15) is 0 Å². The van der Waals surface area contributed by atoms with Crippen LogP contribution in [0.3, 0.4) is 0 Å². The molecule has 0 aliphatic carbocycles. The number of aromatic nitrogens is 2. The molecule has 7 heteroatoms. The van der Waals surface area contributed by atoms with E-state index in [1.807, 2.05) is 12.1 Å². The molecule has 1 aliphatic rings. The van der Waals surface area contributed by atoms with Crippen LogP contribution in [-0.2, 0) is 11.4 Å². The topological polar surface area (TPSA) is 67.7 Å². The number of esters is 1. The lowest BCUT2D eigenvalue weighted by Gasteiger charge is -2.39. The van der Waals surface area contributed by atoms with Crippen LogP contribution in [0.15, 0.2) is 89.7 Å². The summed E-state index contributed by atoms with van der Waals surface area (Å²) < 4.78 is 6.30. The maximum absolute atomic E-state index is 13.1. The first-order valence-electron chi connectivity index (χ1n) is 11.8. The van der Waals surface area contributed by atoms with Gasteiger partial charge in [-0.1, -0.05) is 78.9 Å². The Bertz CT molecular complexity index is 1320. The Balaban J connectivity index is 1.37. The minimum absolute atomic E-state index is 0.162. The lowest BCUT2D eigenvalue weighted by atomic mass is 9.96. The van der Waals surface area contributed by atoms with Crippen molar-refractivity contribution in [3.8, 4) is 0 Å². The van der Waals surface area contributed by atoms with Gasteiger partial charge in [-0.25, -0.2) is 9.48 Å². The Morgan fingerprint density at radius 2 is 1.37 bits per heavy atom. The highest BCUT2D eigenvalue weighted by Gasteiger charge is 2.27. The number of nitrogens with zero attached hydrogens (tertiary/aromatic N) is 4. The molecule has 1 aliphatic heterocycles. The van der Waals surface area contributed by atoms with E-state index >= 15 is 0 Å². The van der Waals surface area contributed by atoms with Gasteiger partial charge in [-0.15, -0.1) is 0 Å². The van der Waals surface area contributed by atoms with E-state index in [0.29, 0.717) is 17.4 Å². The van der Waals surface area contributed by atoms with Crippen LogP contribution in [0.25, 0.3) is 10.8 Å². The van der Waals surface area contributed by atoms with Crippen molar-refractivity contribution in [3.05, 3.63) is 112 Å². The molecule has 178 valence electrons. The fourth-order valence-corrected chi connectivity index (χ4v) is 4.82. The summed E-state index contributed by atoms with van der Waals surface area (Å²) in [6.45, 7) is 3.58. The van der Waals surface area contributed by atoms with Gasteiger partial charge in [0, 0.05) is 31.6 Å². The molecule has 0 bridgehead atoms. The van der Waals surface area contributed by atoms with E-state index in [4.69, 9.17) is 4.74 Å². The quantitative estimate of drug-likeness (QED) is 0.403. The predicted octanol–water partition coefficient (Wildman–Crippen LogP) is 3.55. The van der Waals surface area contributed by atoms with Gasteiger partial charge in [-0.3, -0.25) is 14.6 Å². The SMILES string of the molecule is COC(=O)c1nn(CN2CCN(C(c3ccccc3)c3ccccc3)CC2)c(=O)c2ccccc12. The third-order valence-electron chi connectivity index (χ3n) is 6.58. The normalized spacial score (nSPS) is 14.9. The molecule has 1 fully saturated rings. The van der Waals surface area contributed by atoms with Crippen LogP contribution in [0.5, 0.6) is 0 Å². The fourth-order valence-electron chi connectivity index (χ4n) is 4.82. The number of ether oxygens (including phenoxy) is 1. The summed E-state index contributed by atoms with van der Waals surface area (Å²) in [4.78, 5) is 30.2. The molecule has 35 heavy (non-hydrogen) atoms. The number of carbonyl (C=O) groups is 1. The zero-order chi connectivity index (χ0) is 24.2. The van der Waals surface area contributed by atoms with Gasteiger partial charge >= 0.3 is 5.97 Å². The van der Waals surface area contributed by atoms with E-state index in [-0.39, 0.29) is 17.3 Å². The molecule has 7 nitrogen and oxygen atoms in total. The van der Waals surface area contributed by atoms with Gasteiger partial charge in [0.05, 0.1) is 25.2 Å². The van der Waals surface area contributed by atoms with Crippen LogP contribution in [0.4, 0.5) is 0 Å². The van der Waals surface area contributed by atoms with E-state index in [1.54, 1.807) is 24.3 Å². The molecule has 5 rings (SSSR count). The Hall–Kier alpha value is -3.81. The molecule has 0 N–H and O–H groups in total. The average molecular weight is 469 g/mol. The number of hydrogen-bond acceptors (Lipinski definition) is 6. The molecular weight excluding hydrogens is 440 g/mol. The Morgan fingerprint density at radius 3 is 1.94 bits per heavy atom. The zero-order valence-corrected chi connectivity index (χ0v) is 19.7. The molecule has 4 aromatic rings. The van der Waals surface area contributed by atoms with Crippen molar-refractivity contribution in [3.63, 3.8) is 0 Å². The van der Waals surface area contributed by atoms with Crippen LogP contribution < -0.4 is 5.56 Å². The Kier molecular flexibility index (Phi) is 6.70. The van der Waals surface area contributed by atoms with Gasteiger partial charge in [0.2, 0.25) is 0 Å². The van der Waals surface area contributed by atoms with Crippen LogP contribution in [-0.4, -0.2) is 58.8 Å². The van der Waals surface area contributed by atoms with Gasteiger partial charge in [-0.05, 0) is 17.2 Å². The molecule has 0 atom stereocenters. The number of carbonyl (C=O) groups excluding carboxylic acids is 1. The summed E-state index contributed by atoms with van der Waals surface area (Å²) in [5, 5.41) is 5.37. The molecule has 0 spiro atoms. The number of methoxy groups -OCH3 is 1. The van der Waals surface area contributed by atoms with Crippen molar-refractivity contribution in [2.75, 3.05) is 33.3 Å². The summed E-state index contributed by atoms with van der Waals surface area (Å²) in [5.41, 5.74) is 2.49. The van der Waals surface area contributed by atoms with Gasteiger partial charge in [-0.2, -0.15) is 5.10 Å². The van der Waals surface area contributed by atoms with E-state index in [0.717, 1.165) is 26.2 Å². The first-order valence-corrected chi connectivity index (χ1v) is 11.8. The maximum atomic E-state index is 13.1. The second-order valence-corrected chi connectivity index (χ2v) is 8.71. The number of piperazine rings is 1. The summed E-state index contributed by atoms with van der Waals surface area (Å²) in [6, 6.07) is 28.3. The fraction of sp³-hybridized carbons (Fsp3) is 0.250. The van der Waals surface area contributed by atoms with E-state index in [2.05, 4.69) is 63.4 Å². The van der Waals surface area contributed by atoms with Crippen molar-refractivity contribution in [2.45, 2.75) is 12.7 Å². The lowest BCUT2D eigenvalue weighted by Crippen LogP contribution is -2.49. The molecule has 3 aromatic carbocycles. The molecular formula is C28H28N4O3. The van der Waals surface area contributed by atoms with Crippen molar-refractivity contribution in [1.82, 2.24) is 19.6 Å². The summed E-state index contributed by atoms with van der Waals surface area (Å²) >= 11 is 0. The van der Waals surface area contributed by atoms with Gasteiger partial charge < -0.3 is 4.74 Å². The third kappa shape index (κ3) is 4.73. The molecule has 1 saturated heterocycles. The summed E-state index contributed by atoms with van der Waals surface area (Å²) in [5.74, 6) is -0.548. The zero-order valence-electron chi connectivity index (χ0n) is 19.7. The standard InChI is InChI=1S/C28H28N4O3/c1-35-28(34)25-23-14-8-9-15-24(23)27(33)32(29-25)20-30-16-18-31(19-17-30)26(21-10-4-2-5-11-21)22-12-6-3-7-13-22/h2-15,26H,16-20H2,1H3. The lowest BCUT2D eigenvalue weighted by molar-refractivity contribution is 0.0587. The van der Waals surface area contributed by atoms with Crippen LogP contribution in [0.2, 0.25) is 0 Å². The average Bonchev–Trinajstić information content (AvgIpc) is 2.92. The van der Waals surface area contributed by atoms with Crippen molar-refractivity contribution >= 4 is 16.7 Å². The largest absolute Gasteiger partial charge is 0.464 e. The Labute approximate surface area is 204 Å². The summed E-state index contributed by atoms with van der Waals surface area (Å²) in [6.07, 6.45) is 0. The first-order chi connectivity index (χ1) is 17.2. The second-order valence-electron chi connectivity index (χ2n) is 8.71. The number of hydrogen-bond donors (Lipinski definition) is 0. The number of rotatable bonds is 6. The van der Waals surface area contributed by atoms with Crippen LogP contribution in [0, 0.1) is 0 Å². The number of benzene rings is 3. The van der Waals surface area contributed by atoms with Gasteiger partial charge in [0.25, 0.3) is 5.56 Å². The molecule has 0 amide bonds. The Morgan fingerprint density at radius 1 is 0.829 bits per heavy atom. The highest BCUT2D eigenvalue weighted by molar-refractivity contribution is 6.01. The highest BCUT2D eigenvalue weighted by Crippen LogP contribution is 2.29. The van der Waals surface area contributed by atoms with E-state index in [1.165, 1.54) is 22.9 Å². The van der Waals surface area contributed by atoms with Crippen molar-refractivity contribution < 1.29 is 9.53 Å². The minimum atomic E-state index is -0.548. The van der Waals surface area contributed by atoms with Crippen LogP contribution >= 0.6 is 0 Å². The van der Waals surface area contributed by atoms with Crippen molar-refractivity contribution in [1.29, 1.82) is 0 Å². The minimum Gasteiger partial charge on any atom is -0.464 e. The summed E-state index contributed by atoms with van der Waals surface area (Å²) in [7, 11) is 1.32. The van der Waals surface area contributed by atoms with E-state index in [9.17, 15) is 9.59 Å². The monoisotopic (exact) mass is 468 g/mol. The smallest absolute Gasteiger partial charge is 0.359 e. The molecule has 2 heterocycles. The first kappa shape index (κ1) is 23.0. The van der Waals surface area contributed by atoms with E-state index < -0.39 is 5.97 Å². The highest BCUT2D eigenvalue weighted by atomic mass is 16.5. The van der Waals surface area contributed by atoms with Gasteiger partial charge in [0.15, 0.2) is 5.69 Å². The molecule has 1 aromatic heterocycles. The third-order valence-corrected chi connectivity index (χ3v) is 6.58. The molecule has 0 radical (unpaired) electrons. The molecule has 0 saturated carbocycles. The van der Waals surface area contributed by atoms with Crippen LogP contribution in [0.1, 0.15) is 27.7 Å². The predicted molar refractivity (Wildman–Crippen MR) is 135 cm³/mol.